The van der Waals surface area contributed by atoms with E-state index in [1.807, 2.05) is 7.05 Å². The lowest BCUT2D eigenvalue weighted by molar-refractivity contribution is 0.624. The van der Waals surface area contributed by atoms with Gasteiger partial charge in [0, 0.05) is 24.2 Å². The monoisotopic (exact) mass is 217 g/mol. The Labute approximate surface area is 85.9 Å². The van der Waals surface area contributed by atoms with Gasteiger partial charge >= 0.3 is 0 Å². The Morgan fingerprint density at radius 3 is 3.08 bits per heavy atom. The van der Waals surface area contributed by atoms with Crippen LogP contribution in [0.1, 0.15) is 0 Å². The van der Waals surface area contributed by atoms with Gasteiger partial charge in [-0.05, 0) is 12.1 Å². The highest BCUT2D eigenvalue weighted by Gasteiger charge is 2.16. The third-order valence-corrected chi connectivity index (χ3v) is 3.41. The molecule has 1 aliphatic rings. The van der Waals surface area contributed by atoms with Crippen molar-refractivity contribution in [3.8, 4) is 0 Å². The minimum atomic E-state index is -0.330. The van der Waals surface area contributed by atoms with E-state index in [0.29, 0.717) is 0 Å². The summed E-state index contributed by atoms with van der Waals surface area (Å²) in [6, 6.07) is 3.20. The van der Waals surface area contributed by atoms with E-state index in [9.17, 15) is 4.39 Å². The second kappa shape index (κ2) is 3.39. The Morgan fingerprint density at radius 1 is 1.54 bits per heavy atom. The van der Waals surface area contributed by atoms with Crippen LogP contribution < -0.4 is 4.90 Å². The van der Waals surface area contributed by atoms with Gasteiger partial charge in [0.15, 0.2) is 0 Å². The molecule has 0 bridgehead atoms. The van der Waals surface area contributed by atoms with Gasteiger partial charge in [0.1, 0.15) is 5.82 Å². The summed E-state index contributed by atoms with van der Waals surface area (Å²) in [5.74, 6) is 0.674. The molecule has 0 N–H and O–H groups in total. The number of benzene rings is 1. The van der Waals surface area contributed by atoms with Gasteiger partial charge in [-0.15, -0.1) is 11.8 Å². The number of hydrogen-bond donors (Lipinski definition) is 0. The molecule has 13 heavy (non-hydrogen) atoms. The van der Waals surface area contributed by atoms with Crippen LogP contribution in [0.3, 0.4) is 0 Å². The molecule has 0 saturated heterocycles. The third-order valence-electron chi connectivity index (χ3n) is 2.10. The summed E-state index contributed by atoms with van der Waals surface area (Å²) < 4.78 is 13.1. The Kier molecular flexibility index (Phi) is 2.39. The lowest BCUT2D eigenvalue weighted by atomic mass is 10.3. The van der Waals surface area contributed by atoms with Crippen molar-refractivity contribution in [2.45, 2.75) is 4.90 Å². The average Bonchev–Trinajstić information content (AvgIpc) is 2.09. The van der Waals surface area contributed by atoms with Crippen molar-refractivity contribution in [1.82, 2.24) is 0 Å². The molecule has 4 heteroatoms. The molecule has 1 aromatic rings. The molecular weight excluding hydrogens is 209 g/mol. The summed E-state index contributed by atoms with van der Waals surface area (Å²) in [5, 5.41) is 0.202. The van der Waals surface area contributed by atoms with Crippen LogP contribution in [0.4, 0.5) is 10.1 Å². The van der Waals surface area contributed by atoms with Gasteiger partial charge in [-0.1, -0.05) is 11.6 Å². The van der Waals surface area contributed by atoms with Crippen molar-refractivity contribution >= 4 is 29.1 Å². The van der Waals surface area contributed by atoms with E-state index in [1.165, 1.54) is 6.07 Å². The predicted octanol–water partition coefficient (Wildman–Crippen LogP) is 3.02. The topological polar surface area (TPSA) is 3.24 Å². The van der Waals surface area contributed by atoms with Crippen LogP contribution in [0.2, 0.25) is 5.02 Å². The zero-order valence-corrected chi connectivity index (χ0v) is 8.75. The van der Waals surface area contributed by atoms with Crippen molar-refractivity contribution < 1.29 is 4.39 Å². The molecule has 0 fully saturated rings. The Balaban J connectivity index is 2.52. The minimum absolute atomic E-state index is 0.202. The van der Waals surface area contributed by atoms with Gasteiger partial charge in [0.25, 0.3) is 0 Å². The predicted molar refractivity (Wildman–Crippen MR) is 55.4 cm³/mol. The molecule has 0 atom stereocenters. The normalized spacial score (nSPS) is 15.8. The van der Waals surface area contributed by atoms with E-state index < -0.39 is 0 Å². The van der Waals surface area contributed by atoms with Gasteiger partial charge in [0.05, 0.1) is 10.7 Å². The molecule has 0 aliphatic carbocycles. The maximum atomic E-state index is 13.1. The van der Waals surface area contributed by atoms with Crippen LogP contribution in [0, 0.1) is 5.82 Å². The van der Waals surface area contributed by atoms with Crippen LogP contribution in [0.5, 0.6) is 0 Å². The first-order valence-electron chi connectivity index (χ1n) is 4.01. The van der Waals surface area contributed by atoms with E-state index in [-0.39, 0.29) is 10.8 Å². The number of rotatable bonds is 0. The lowest BCUT2D eigenvalue weighted by Gasteiger charge is -2.27. The summed E-state index contributed by atoms with van der Waals surface area (Å²) in [6.45, 7) is 0.986. The van der Waals surface area contributed by atoms with Gasteiger partial charge < -0.3 is 4.90 Å². The maximum absolute atomic E-state index is 13.1. The molecule has 0 aromatic heterocycles. The number of nitrogens with zero attached hydrogens (tertiary/aromatic N) is 1. The summed E-state index contributed by atoms with van der Waals surface area (Å²) in [6.07, 6.45) is 0. The van der Waals surface area contributed by atoms with Crippen LogP contribution >= 0.6 is 23.4 Å². The number of hydrogen-bond acceptors (Lipinski definition) is 2. The van der Waals surface area contributed by atoms with E-state index in [4.69, 9.17) is 11.6 Å². The van der Waals surface area contributed by atoms with Crippen molar-refractivity contribution in [2.24, 2.45) is 0 Å². The highest BCUT2D eigenvalue weighted by atomic mass is 35.5. The first-order valence-corrected chi connectivity index (χ1v) is 5.38. The van der Waals surface area contributed by atoms with Crippen molar-refractivity contribution in [3.05, 3.63) is 23.0 Å². The Morgan fingerprint density at radius 2 is 2.31 bits per heavy atom. The number of anilines is 1. The largest absolute Gasteiger partial charge is 0.373 e. The minimum Gasteiger partial charge on any atom is -0.373 e. The molecule has 0 spiro atoms. The van der Waals surface area contributed by atoms with Crippen LogP contribution in [0.25, 0.3) is 0 Å². The summed E-state index contributed by atoms with van der Waals surface area (Å²) >= 11 is 7.38. The van der Waals surface area contributed by atoms with Gasteiger partial charge in [-0.25, -0.2) is 4.39 Å². The Hall–Kier alpha value is -0.410. The van der Waals surface area contributed by atoms with Gasteiger partial charge in [0.2, 0.25) is 0 Å². The van der Waals surface area contributed by atoms with Crippen molar-refractivity contribution in [2.75, 3.05) is 24.2 Å². The molecule has 0 amide bonds. The maximum Gasteiger partial charge on any atom is 0.143 e. The molecule has 1 nitrogen and oxygen atoms in total. The third kappa shape index (κ3) is 1.63. The fourth-order valence-corrected chi connectivity index (χ4v) is 2.64. The second-order valence-electron chi connectivity index (χ2n) is 3.00. The highest BCUT2D eigenvalue weighted by molar-refractivity contribution is 7.99. The van der Waals surface area contributed by atoms with Gasteiger partial charge in [-0.2, -0.15) is 0 Å². The molecular formula is C9H9ClFNS. The zero-order chi connectivity index (χ0) is 9.42. The fraction of sp³-hybridized carbons (Fsp3) is 0.333. The van der Waals surface area contributed by atoms with E-state index in [0.717, 1.165) is 22.9 Å². The quantitative estimate of drug-likeness (QED) is 0.657. The molecule has 0 saturated carbocycles. The summed E-state index contributed by atoms with van der Waals surface area (Å²) in [7, 11) is 1.99. The smallest absolute Gasteiger partial charge is 0.143 e. The SMILES string of the molecule is CN1CCSc2cc(F)c(Cl)cc21. The standard InChI is InChI=1S/C9H9ClFNS/c1-12-2-3-13-9-5-7(11)6(10)4-8(9)12/h4-5H,2-3H2,1H3. The molecule has 1 heterocycles. The highest BCUT2D eigenvalue weighted by Crippen LogP contribution is 2.36. The number of halogens is 2. The summed E-state index contributed by atoms with van der Waals surface area (Å²) in [4.78, 5) is 3.08. The second-order valence-corrected chi connectivity index (χ2v) is 4.55. The molecule has 0 unspecified atom stereocenters. The fourth-order valence-electron chi connectivity index (χ4n) is 1.34. The number of thioether (sulfide) groups is 1. The molecule has 1 aliphatic heterocycles. The Bertz CT molecular complexity index is 343. The first-order chi connectivity index (χ1) is 6.18. The first kappa shape index (κ1) is 9.16. The van der Waals surface area contributed by atoms with Crippen molar-refractivity contribution in [1.29, 1.82) is 0 Å². The lowest BCUT2D eigenvalue weighted by Crippen LogP contribution is -2.24. The van der Waals surface area contributed by atoms with E-state index >= 15 is 0 Å². The van der Waals surface area contributed by atoms with Crippen LogP contribution in [-0.2, 0) is 0 Å². The van der Waals surface area contributed by atoms with E-state index in [1.54, 1.807) is 17.8 Å². The molecule has 1 aromatic carbocycles. The summed E-state index contributed by atoms with van der Waals surface area (Å²) in [5.41, 5.74) is 1.03. The number of fused-ring (bicyclic) bond motifs is 1. The van der Waals surface area contributed by atoms with Gasteiger partial charge in [-0.3, -0.25) is 0 Å². The molecule has 0 radical (unpaired) electrons. The van der Waals surface area contributed by atoms with E-state index in [2.05, 4.69) is 4.90 Å². The van der Waals surface area contributed by atoms with Crippen LogP contribution in [-0.4, -0.2) is 19.3 Å². The zero-order valence-electron chi connectivity index (χ0n) is 7.18. The van der Waals surface area contributed by atoms with Crippen LogP contribution in [0.15, 0.2) is 17.0 Å². The average molecular weight is 218 g/mol. The van der Waals surface area contributed by atoms with Crippen molar-refractivity contribution in [3.63, 3.8) is 0 Å². The molecule has 70 valence electrons. The molecule has 2 rings (SSSR count).